The Hall–Kier alpha value is -0.900. The molecule has 4 rings (SSSR count). The van der Waals surface area contributed by atoms with Gasteiger partial charge in [0.25, 0.3) is 0 Å². The summed E-state index contributed by atoms with van der Waals surface area (Å²) in [6.45, 7) is 4.83. The third-order valence-electron chi connectivity index (χ3n) is 5.56. The van der Waals surface area contributed by atoms with Crippen LogP contribution in [0.2, 0.25) is 15.1 Å². The first-order chi connectivity index (χ1) is 11.8. The lowest BCUT2D eigenvalue weighted by Gasteiger charge is -2.56. The van der Waals surface area contributed by atoms with Crippen molar-refractivity contribution in [3.63, 3.8) is 0 Å². The fourth-order valence-electron chi connectivity index (χ4n) is 3.83. The van der Waals surface area contributed by atoms with Gasteiger partial charge >= 0.3 is 5.97 Å². The molecule has 0 N–H and O–H groups in total. The Morgan fingerprint density at radius 3 is 2.60 bits per heavy atom. The van der Waals surface area contributed by atoms with E-state index < -0.39 is 5.97 Å². The number of benzene rings is 1. The van der Waals surface area contributed by atoms with E-state index in [-0.39, 0.29) is 6.61 Å². The lowest BCUT2D eigenvalue weighted by molar-refractivity contribution is -0.146. The van der Waals surface area contributed by atoms with Gasteiger partial charge < -0.3 is 9.47 Å². The molecule has 2 bridgehead atoms. The first-order valence-electron chi connectivity index (χ1n) is 8.41. The van der Waals surface area contributed by atoms with Crippen molar-refractivity contribution in [1.29, 1.82) is 0 Å². The zero-order chi connectivity index (χ0) is 18.2. The Kier molecular flexibility index (Phi) is 5.57. The number of rotatable bonds is 6. The Morgan fingerprint density at radius 2 is 1.92 bits per heavy atom. The van der Waals surface area contributed by atoms with Gasteiger partial charge in [-0.25, -0.2) is 4.79 Å². The van der Waals surface area contributed by atoms with Gasteiger partial charge in [0.15, 0.2) is 6.61 Å². The number of halogens is 3. The molecule has 0 aliphatic heterocycles. The number of hydrogen-bond donors (Lipinski definition) is 0. The van der Waals surface area contributed by atoms with Gasteiger partial charge in [-0.15, -0.1) is 0 Å². The minimum atomic E-state index is -0.427. The van der Waals surface area contributed by atoms with Crippen LogP contribution in [0.4, 0.5) is 0 Å². The SMILES string of the molecule is CC1(C)C2CC=C(CCOC(=O)COc3cc(Cl)c(Cl)cc3Cl)C1C2. The van der Waals surface area contributed by atoms with Crippen molar-refractivity contribution < 1.29 is 14.3 Å². The summed E-state index contributed by atoms with van der Waals surface area (Å²) in [5, 5.41) is 0.958. The summed E-state index contributed by atoms with van der Waals surface area (Å²) in [6, 6.07) is 2.97. The van der Waals surface area contributed by atoms with Crippen molar-refractivity contribution >= 4 is 40.8 Å². The Labute approximate surface area is 163 Å². The molecule has 25 heavy (non-hydrogen) atoms. The average molecular weight is 404 g/mol. The number of hydrogen-bond acceptors (Lipinski definition) is 3. The van der Waals surface area contributed by atoms with Crippen LogP contribution in [0.5, 0.6) is 5.75 Å². The normalized spacial score (nSPS) is 23.5. The number of carbonyl (C=O) groups is 1. The molecule has 3 aliphatic rings. The lowest BCUT2D eigenvalue weighted by Crippen LogP contribution is -2.48. The molecular formula is C19H21Cl3O3. The zero-order valence-corrected chi connectivity index (χ0v) is 16.5. The predicted octanol–water partition coefficient (Wildman–Crippen LogP) is 5.95. The fraction of sp³-hybridized carbons (Fsp3) is 0.526. The predicted molar refractivity (Wildman–Crippen MR) is 101 cm³/mol. The van der Waals surface area contributed by atoms with Gasteiger partial charge in [0.2, 0.25) is 0 Å². The van der Waals surface area contributed by atoms with Gasteiger partial charge in [-0.3, -0.25) is 0 Å². The van der Waals surface area contributed by atoms with Crippen LogP contribution in [0.15, 0.2) is 23.8 Å². The molecule has 3 nitrogen and oxygen atoms in total. The maximum atomic E-state index is 11.9. The Morgan fingerprint density at radius 1 is 1.20 bits per heavy atom. The van der Waals surface area contributed by atoms with Crippen LogP contribution in [-0.2, 0) is 9.53 Å². The maximum absolute atomic E-state index is 11.9. The maximum Gasteiger partial charge on any atom is 0.344 e. The molecule has 0 radical (unpaired) electrons. The van der Waals surface area contributed by atoms with Crippen molar-refractivity contribution in [2.24, 2.45) is 17.3 Å². The van der Waals surface area contributed by atoms with Crippen molar-refractivity contribution in [1.82, 2.24) is 0 Å². The van der Waals surface area contributed by atoms with E-state index in [1.165, 1.54) is 24.1 Å². The molecule has 0 heterocycles. The smallest absolute Gasteiger partial charge is 0.344 e. The Balaban J connectivity index is 1.43. The average Bonchev–Trinajstić information content (AvgIpc) is 2.57. The molecular weight excluding hydrogens is 383 g/mol. The van der Waals surface area contributed by atoms with Crippen LogP contribution in [0.25, 0.3) is 0 Å². The first-order valence-corrected chi connectivity index (χ1v) is 9.54. The highest BCUT2D eigenvalue weighted by Crippen LogP contribution is 2.59. The number of allylic oxidation sites excluding steroid dienone is 1. The van der Waals surface area contributed by atoms with Crippen molar-refractivity contribution in [2.45, 2.75) is 33.1 Å². The summed E-state index contributed by atoms with van der Waals surface area (Å²) in [5.41, 5.74) is 1.82. The Bertz CT molecular complexity index is 712. The molecule has 3 aliphatic carbocycles. The summed E-state index contributed by atoms with van der Waals surface area (Å²) >= 11 is 17.8. The van der Waals surface area contributed by atoms with Gasteiger partial charge in [0.1, 0.15) is 5.75 Å². The largest absolute Gasteiger partial charge is 0.480 e. The van der Waals surface area contributed by atoms with Crippen LogP contribution < -0.4 is 4.74 Å². The molecule has 1 aromatic carbocycles. The molecule has 0 saturated heterocycles. The highest BCUT2D eigenvalue weighted by Gasteiger charge is 2.50. The molecule has 0 amide bonds. The second-order valence-corrected chi connectivity index (χ2v) is 8.50. The third kappa shape index (κ3) is 3.94. The van der Waals surface area contributed by atoms with Crippen LogP contribution in [-0.4, -0.2) is 19.2 Å². The summed E-state index contributed by atoms with van der Waals surface area (Å²) in [4.78, 5) is 11.9. The summed E-state index contributed by atoms with van der Waals surface area (Å²) in [5.74, 6) is 1.33. The molecule has 0 aromatic heterocycles. The molecule has 1 saturated carbocycles. The lowest BCUT2D eigenvalue weighted by atomic mass is 9.48. The van der Waals surface area contributed by atoms with E-state index in [9.17, 15) is 4.79 Å². The summed E-state index contributed by atoms with van der Waals surface area (Å²) in [6.07, 6.45) is 5.53. The highest BCUT2D eigenvalue weighted by atomic mass is 35.5. The van der Waals surface area contributed by atoms with Gasteiger partial charge in [0.05, 0.1) is 21.7 Å². The molecule has 0 spiro atoms. The van der Waals surface area contributed by atoms with Crippen molar-refractivity contribution in [2.75, 3.05) is 13.2 Å². The number of ether oxygens (including phenoxy) is 2. The van der Waals surface area contributed by atoms with Gasteiger partial charge in [-0.2, -0.15) is 0 Å². The number of fused-ring (bicyclic) bond motifs is 1. The minimum absolute atomic E-state index is 0.215. The molecule has 2 unspecified atom stereocenters. The summed E-state index contributed by atoms with van der Waals surface area (Å²) in [7, 11) is 0. The van der Waals surface area contributed by atoms with E-state index in [1.807, 2.05) is 0 Å². The first kappa shape index (κ1) is 18.9. The van der Waals surface area contributed by atoms with E-state index in [0.29, 0.717) is 38.8 Å². The molecule has 136 valence electrons. The van der Waals surface area contributed by atoms with Gasteiger partial charge in [0, 0.05) is 12.5 Å². The second kappa shape index (κ2) is 7.38. The highest BCUT2D eigenvalue weighted by molar-refractivity contribution is 6.43. The monoisotopic (exact) mass is 402 g/mol. The topological polar surface area (TPSA) is 35.5 Å². The van der Waals surface area contributed by atoms with Crippen LogP contribution in [0.1, 0.15) is 33.1 Å². The van der Waals surface area contributed by atoms with E-state index >= 15 is 0 Å². The fourth-order valence-corrected chi connectivity index (χ4v) is 4.42. The van der Waals surface area contributed by atoms with Crippen molar-refractivity contribution in [3.05, 3.63) is 38.8 Å². The molecule has 1 aromatic rings. The van der Waals surface area contributed by atoms with Crippen LogP contribution >= 0.6 is 34.8 Å². The second-order valence-electron chi connectivity index (χ2n) is 7.28. The van der Waals surface area contributed by atoms with Crippen molar-refractivity contribution in [3.8, 4) is 5.75 Å². The van der Waals surface area contributed by atoms with Crippen LogP contribution in [0.3, 0.4) is 0 Å². The van der Waals surface area contributed by atoms with E-state index in [4.69, 9.17) is 44.3 Å². The third-order valence-corrected chi connectivity index (χ3v) is 6.57. The zero-order valence-electron chi connectivity index (χ0n) is 14.3. The van der Waals surface area contributed by atoms with Gasteiger partial charge in [-0.1, -0.05) is 60.3 Å². The number of esters is 1. The summed E-state index contributed by atoms with van der Waals surface area (Å²) < 4.78 is 10.7. The number of carbonyl (C=O) groups excluding carboxylic acids is 1. The molecule has 2 atom stereocenters. The van der Waals surface area contributed by atoms with Crippen LogP contribution in [0, 0.1) is 17.3 Å². The quantitative estimate of drug-likeness (QED) is 0.334. The minimum Gasteiger partial charge on any atom is -0.480 e. The van der Waals surface area contributed by atoms with E-state index in [2.05, 4.69) is 19.9 Å². The van der Waals surface area contributed by atoms with E-state index in [1.54, 1.807) is 0 Å². The van der Waals surface area contributed by atoms with Gasteiger partial charge in [-0.05, 0) is 36.2 Å². The molecule has 6 heteroatoms. The molecule has 1 fully saturated rings. The van der Waals surface area contributed by atoms with E-state index in [0.717, 1.165) is 18.8 Å². The standard InChI is InChI=1S/C19H21Cl3O3/c1-19(2)12-4-3-11(13(19)7-12)5-6-24-18(23)10-25-17-9-15(21)14(20)8-16(17)22/h3,8-9,12-13H,4-7,10H2,1-2H3.